The van der Waals surface area contributed by atoms with Gasteiger partial charge in [0, 0.05) is 12.1 Å². The van der Waals surface area contributed by atoms with Gasteiger partial charge in [-0.1, -0.05) is 6.07 Å². The third kappa shape index (κ3) is 3.22. The Morgan fingerprint density at radius 2 is 2.36 bits per heavy atom. The topological polar surface area (TPSA) is 60.2 Å². The molecule has 0 aliphatic carbocycles. The summed E-state index contributed by atoms with van der Waals surface area (Å²) in [7, 11) is 1.61. The van der Waals surface area contributed by atoms with E-state index in [0.717, 1.165) is 12.2 Å². The SMILES string of the molecule is COc1cccc(NC(C)CCN)n1. The molecule has 1 atom stereocenters. The molecule has 4 nitrogen and oxygen atoms in total. The normalized spacial score (nSPS) is 12.2. The van der Waals surface area contributed by atoms with Crippen LogP contribution in [0.4, 0.5) is 5.82 Å². The molecule has 1 heterocycles. The molecule has 0 saturated heterocycles. The molecule has 4 heteroatoms. The summed E-state index contributed by atoms with van der Waals surface area (Å²) in [4.78, 5) is 4.24. The molecule has 1 aromatic heterocycles. The van der Waals surface area contributed by atoms with Gasteiger partial charge in [0.15, 0.2) is 0 Å². The minimum atomic E-state index is 0.333. The van der Waals surface area contributed by atoms with Gasteiger partial charge < -0.3 is 15.8 Å². The molecular weight excluding hydrogens is 178 g/mol. The van der Waals surface area contributed by atoms with Gasteiger partial charge in [-0.3, -0.25) is 0 Å². The Labute approximate surface area is 84.5 Å². The number of ether oxygens (including phenoxy) is 1. The predicted octanol–water partition coefficient (Wildman–Crippen LogP) is 1.24. The van der Waals surface area contributed by atoms with Crippen LogP contribution in [-0.2, 0) is 0 Å². The van der Waals surface area contributed by atoms with Gasteiger partial charge in [-0.2, -0.15) is 4.98 Å². The van der Waals surface area contributed by atoms with Crippen LogP contribution in [0.1, 0.15) is 13.3 Å². The van der Waals surface area contributed by atoms with Gasteiger partial charge in [-0.05, 0) is 26.0 Å². The van der Waals surface area contributed by atoms with E-state index in [9.17, 15) is 0 Å². The number of anilines is 1. The number of methoxy groups -OCH3 is 1. The number of nitrogens with zero attached hydrogens (tertiary/aromatic N) is 1. The number of hydrogen-bond acceptors (Lipinski definition) is 4. The van der Waals surface area contributed by atoms with E-state index in [1.807, 2.05) is 18.2 Å². The van der Waals surface area contributed by atoms with Gasteiger partial charge in [-0.15, -0.1) is 0 Å². The number of aromatic nitrogens is 1. The van der Waals surface area contributed by atoms with Gasteiger partial charge in [-0.25, -0.2) is 0 Å². The van der Waals surface area contributed by atoms with E-state index in [4.69, 9.17) is 10.5 Å². The molecule has 0 aliphatic rings. The molecule has 0 saturated carbocycles. The van der Waals surface area contributed by atoms with Crippen molar-refractivity contribution in [2.45, 2.75) is 19.4 Å². The van der Waals surface area contributed by atoms with Crippen LogP contribution in [0.5, 0.6) is 5.88 Å². The molecule has 0 fully saturated rings. The van der Waals surface area contributed by atoms with E-state index >= 15 is 0 Å². The molecule has 0 aliphatic heterocycles. The number of pyridine rings is 1. The van der Waals surface area contributed by atoms with Crippen LogP contribution < -0.4 is 15.8 Å². The van der Waals surface area contributed by atoms with E-state index in [0.29, 0.717) is 18.5 Å². The molecule has 0 bridgehead atoms. The fourth-order valence-electron chi connectivity index (χ4n) is 1.18. The molecular formula is C10H17N3O. The van der Waals surface area contributed by atoms with Crippen molar-refractivity contribution in [1.82, 2.24) is 4.98 Å². The number of rotatable bonds is 5. The van der Waals surface area contributed by atoms with Crippen molar-refractivity contribution < 1.29 is 4.74 Å². The van der Waals surface area contributed by atoms with E-state index in [1.165, 1.54) is 0 Å². The second-order valence-corrected chi connectivity index (χ2v) is 3.19. The molecule has 14 heavy (non-hydrogen) atoms. The fourth-order valence-corrected chi connectivity index (χ4v) is 1.18. The molecule has 0 radical (unpaired) electrons. The molecule has 1 aromatic rings. The highest BCUT2D eigenvalue weighted by Crippen LogP contribution is 2.11. The molecule has 78 valence electrons. The molecule has 3 N–H and O–H groups in total. The Hall–Kier alpha value is -1.29. The second kappa shape index (κ2) is 5.44. The van der Waals surface area contributed by atoms with Gasteiger partial charge in [0.25, 0.3) is 0 Å². The molecule has 0 amide bonds. The lowest BCUT2D eigenvalue weighted by Gasteiger charge is -2.13. The number of nitrogens with one attached hydrogen (secondary N) is 1. The van der Waals surface area contributed by atoms with Crippen LogP contribution in [0.3, 0.4) is 0 Å². The van der Waals surface area contributed by atoms with Crippen LogP contribution in [-0.4, -0.2) is 24.7 Å². The lowest BCUT2D eigenvalue weighted by molar-refractivity contribution is 0.398. The fraction of sp³-hybridized carbons (Fsp3) is 0.500. The summed E-state index contributed by atoms with van der Waals surface area (Å²) in [6.45, 7) is 2.76. The van der Waals surface area contributed by atoms with Crippen molar-refractivity contribution >= 4 is 5.82 Å². The Morgan fingerprint density at radius 3 is 3.00 bits per heavy atom. The third-order valence-corrected chi connectivity index (χ3v) is 1.93. The highest BCUT2D eigenvalue weighted by molar-refractivity contribution is 5.37. The maximum absolute atomic E-state index is 5.45. The first kappa shape index (κ1) is 10.8. The van der Waals surface area contributed by atoms with Gasteiger partial charge >= 0.3 is 0 Å². The Morgan fingerprint density at radius 1 is 1.57 bits per heavy atom. The summed E-state index contributed by atoms with van der Waals surface area (Å²) in [5.74, 6) is 1.44. The summed E-state index contributed by atoms with van der Waals surface area (Å²) in [5, 5.41) is 3.25. The highest BCUT2D eigenvalue weighted by atomic mass is 16.5. The third-order valence-electron chi connectivity index (χ3n) is 1.93. The van der Waals surface area contributed by atoms with Crippen LogP contribution >= 0.6 is 0 Å². The maximum Gasteiger partial charge on any atom is 0.214 e. The van der Waals surface area contributed by atoms with E-state index < -0.39 is 0 Å². The highest BCUT2D eigenvalue weighted by Gasteiger charge is 2.02. The lowest BCUT2D eigenvalue weighted by Crippen LogP contribution is -2.19. The second-order valence-electron chi connectivity index (χ2n) is 3.19. The molecule has 0 aromatic carbocycles. The number of nitrogens with two attached hydrogens (primary N) is 1. The maximum atomic E-state index is 5.45. The summed E-state index contributed by atoms with van der Waals surface area (Å²) in [6, 6.07) is 5.97. The average Bonchev–Trinajstić information content (AvgIpc) is 2.18. The number of hydrogen-bond donors (Lipinski definition) is 2. The van der Waals surface area contributed by atoms with Crippen LogP contribution in [0.25, 0.3) is 0 Å². The largest absolute Gasteiger partial charge is 0.481 e. The zero-order valence-corrected chi connectivity index (χ0v) is 8.66. The Kier molecular flexibility index (Phi) is 4.19. The van der Waals surface area contributed by atoms with Crippen LogP contribution in [0.15, 0.2) is 18.2 Å². The molecule has 0 spiro atoms. The van der Waals surface area contributed by atoms with E-state index in [-0.39, 0.29) is 0 Å². The van der Waals surface area contributed by atoms with Crippen molar-refractivity contribution in [2.24, 2.45) is 5.73 Å². The molecule has 1 unspecified atom stereocenters. The van der Waals surface area contributed by atoms with Gasteiger partial charge in [0.2, 0.25) is 5.88 Å². The summed E-state index contributed by atoms with van der Waals surface area (Å²) in [6.07, 6.45) is 0.929. The summed E-state index contributed by atoms with van der Waals surface area (Å²) < 4.78 is 5.02. The predicted molar refractivity (Wildman–Crippen MR) is 57.5 cm³/mol. The first-order valence-corrected chi connectivity index (χ1v) is 4.74. The van der Waals surface area contributed by atoms with E-state index in [2.05, 4.69) is 17.2 Å². The summed E-state index contributed by atoms with van der Waals surface area (Å²) in [5.41, 5.74) is 5.45. The van der Waals surface area contributed by atoms with Crippen molar-refractivity contribution in [3.05, 3.63) is 18.2 Å². The van der Waals surface area contributed by atoms with Crippen molar-refractivity contribution in [3.63, 3.8) is 0 Å². The van der Waals surface area contributed by atoms with Crippen LogP contribution in [0, 0.1) is 0 Å². The minimum Gasteiger partial charge on any atom is -0.481 e. The summed E-state index contributed by atoms with van der Waals surface area (Å²) >= 11 is 0. The van der Waals surface area contributed by atoms with Crippen molar-refractivity contribution in [3.8, 4) is 5.88 Å². The zero-order chi connectivity index (χ0) is 10.4. The van der Waals surface area contributed by atoms with Gasteiger partial charge in [0.05, 0.1) is 7.11 Å². The standard InChI is InChI=1S/C10H17N3O/c1-8(6-7-11)12-9-4-3-5-10(13-9)14-2/h3-5,8H,6-7,11H2,1-2H3,(H,12,13). The smallest absolute Gasteiger partial charge is 0.214 e. The van der Waals surface area contributed by atoms with Gasteiger partial charge in [0.1, 0.15) is 5.82 Å². The first-order chi connectivity index (χ1) is 6.76. The lowest BCUT2D eigenvalue weighted by atomic mass is 10.2. The molecule has 1 rings (SSSR count). The van der Waals surface area contributed by atoms with E-state index in [1.54, 1.807) is 7.11 Å². The van der Waals surface area contributed by atoms with Crippen molar-refractivity contribution in [1.29, 1.82) is 0 Å². The minimum absolute atomic E-state index is 0.333. The average molecular weight is 195 g/mol. The first-order valence-electron chi connectivity index (χ1n) is 4.74. The van der Waals surface area contributed by atoms with Crippen LogP contribution in [0.2, 0.25) is 0 Å². The Balaban J connectivity index is 2.57. The quantitative estimate of drug-likeness (QED) is 0.742. The zero-order valence-electron chi connectivity index (χ0n) is 8.66. The monoisotopic (exact) mass is 195 g/mol. The Bertz CT molecular complexity index is 278. The van der Waals surface area contributed by atoms with Crippen molar-refractivity contribution in [2.75, 3.05) is 19.0 Å².